The Morgan fingerprint density at radius 3 is 2.21 bits per heavy atom. The standard InChI is InChI=1S/C64H74Cl2FN11O7/c1-10-84-54-36-45(62(3,4)5)15-21-50(54)59-71-63(6,43-11-16-46(65)17-12-43)64(7,44-13-18-47(66)19-14-44)78(59)61(81)76-27-25-75(26-28-76)30-32-83-34-33-82-31-23-56(79)73(8)24-29-77-53-40-74(9)60(80)49-22-20-48(67)37-51(49)41(2)85-55-35-42(39-70-58(55)69)57(53)52(38-68)72-77/h11-22,35-37,39,41H,10,23-34,40H2,1-9H3,(H2,69,70)/t41-,63-,64+/m1/s1. The fraction of sp³-hybridized carbons (Fsp3) is 0.422. The Labute approximate surface area is 506 Å². The molecule has 1 fully saturated rings. The molecule has 6 aromatic rings. The highest BCUT2D eigenvalue weighted by Gasteiger charge is 2.60. The molecule has 3 atom stereocenters. The highest BCUT2D eigenvalue weighted by atomic mass is 35.5. The van der Waals surface area contributed by atoms with E-state index in [1.165, 1.54) is 29.3 Å². The first-order chi connectivity index (χ1) is 40.6. The Balaban J connectivity index is 0.786. The van der Waals surface area contributed by atoms with Gasteiger partial charge in [0, 0.05) is 91.9 Å². The van der Waals surface area contributed by atoms with E-state index in [9.17, 15) is 19.2 Å². The summed E-state index contributed by atoms with van der Waals surface area (Å²) in [5, 5.41) is 16.1. The molecule has 0 spiro atoms. The molecule has 2 N–H and O–H groups in total. The number of nitriles is 1. The lowest BCUT2D eigenvalue weighted by molar-refractivity contribution is -0.131. The van der Waals surface area contributed by atoms with Crippen molar-refractivity contribution >= 4 is 52.7 Å². The predicted molar refractivity (Wildman–Crippen MR) is 325 cm³/mol. The summed E-state index contributed by atoms with van der Waals surface area (Å²) in [6.07, 6.45) is 0.863. The molecule has 2 aromatic heterocycles. The quantitative estimate of drug-likeness (QED) is 0.0850. The van der Waals surface area contributed by atoms with Crippen LogP contribution in [0.4, 0.5) is 15.0 Å². The van der Waals surface area contributed by atoms with Crippen molar-refractivity contribution in [1.29, 1.82) is 5.26 Å². The number of benzene rings is 4. The van der Waals surface area contributed by atoms with Gasteiger partial charge in [0.25, 0.3) is 5.91 Å². The molecule has 0 aliphatic carbocycles. The van der Waals surface area contributed by atoms with Gasteiger partial charge in [-0.05, 0) is 110 Å². The number of urea groups is 1. The third kappa shape index (κ3) is 13.0. The van der Waals surface area contributed by atoms with Crippen molar-refractivity contribution in [3.05, 3.63) is 158 Å². The number of fused-ring (bicyclic) bond motifs is 5. The van der Waals surface area contributed by atoms with Crippen LogP contribution in [0.3, 0.4) is 0 Å². The molecular formula is C64H74Cl2FN11O7. The molecule has 2 bridgehead atoms. The fourth-order valence-electron chi connectivity index (χ4n) is 11.3. The number of amidine groups is 1. The second-order valence-corrected chi connectivity index (χ2v) is 23.9. The van der Waals surface area contributed by atoms with Crippen LogP contribution in [0.25, 0.3) is 11.1 Å². The normalized spacial score (nSPS) is 19.0. The van der Waals surface area contributed by atoms with Crippen LogP contribution >= 0.6 is 23.2 Å². The lowest BCUT2D eigenvalue weighted by Gasteiger charge is -2.47. The van der Waals surface area contributed by atoms with E-state index in [1.807, 2.05) is 71.3 Å². The lowest BCUT2D eigenvalue weighted by Crippen LogP contribution is -2.60. The number of piperazine rings is 1. The summed E-state index contributed by atoms with van der Waals surface area (Å²) in [4.78, 5) is 61.9. The minimum atomic E-state index is -1.05. The molecular weight excluding hydrogens is 1120 g/mol. The van der Waals surface area contributed by atoms with Crippen LogP contribution in [0.15, 0.2) is 102 Å². The van der Waals surface area contributed by atoms with Crippen LogP contribution in [0.2, 0.25) is 10.0 Å². The molecule has 0 unspecified atom stereocenters. The van der Waals surface area contributed by atoms with Gasteiger partial charge < -0.3 is 39.4 Å². The van der Waals surface area contributed by atoms with Gasteiger partial charge >= 0.3 is 6.03 Å². The number of carbonyl (C=O) groups is 3. The summed E-state index contributed by atoms with van der Waals surface area (Å²) in [7, 11) is 3.30. The molecule has 3 aliphatic rings. The Kier molecular flexibility index (Phi) is 18.9. The molecule has 4 amide bonds. The molecule has 4 aromatic carbocycles. The average molecular weight is 1200 g/mol. The number of anilines is 1. The maximum Gasteiger partial charge on any atom is 0.326 e. The number of aliphatic imine (C=N–C) groups is 1. The third-order valence-corrected chi connectivity index (χ3v) is 17.0. The van der Waals surface area contributed by atoms with Crippen LogP contribution in [-0.4, -0.2) is 149 Å². The van der Waals surface area contributed by atoms with Gasteiger partial charge in [-0.2, -0.15) is 10.4 Å². The third-order valence-electron chi connectivity index (χ3n) is 16.5. The Hall–Kier alpha value is -7.60. The topological polar surface area (TPSA) is 197 Å². The molecule has 0 saturated carbocycles. The first-order valence-corrected chi connectivity index (χ1v) is 29.4. The number of nitrogen functional groups attached to an aromatic ring is 1. The number of pyridine rings is 1. The van der Waals surface area contributed by atoms with E-state index in [0.717, 1.165) is 22.3 Å². The monoisotopic (exact) mass is 1200 g/mol. The van der Waals surface area contributed by atoms with E-state index in [1.54, 1.807) is 36.7 Å². The van der Waals surface area contributed by atoms with E-state index in [0.29, 0.717) is 96.6 Å². The number of halogens is 3. The minimum Gasteiger partial charge on any atom is -0.493 e. The van der Waals surface area contributed by atoms with Gasteiger partial charge in [-0.1, -0.05) is 74.3 Å². The number of nitrogens with zero attached hydrogens (tertiary/aromatic N) is 10. The minimum absolute atomic E-state index is 0.0271. The molecule has 448 valence electrons. The molecule has 18 nitrogen and oxygen atoms in total. The van der Waals surface area contributed by atoms with E-state index >= 15 is 4.79 Å². The highest BCUT2D eigenvalue weighted by Crippen LogP contribution is 2.54. The number of hydrogen-bond donors (Lipinski definition) is 1. The van der Waals surface area contributed by atoms with Crippen LogP contribution in [0.1, 0.15) is 111 Å². The number of ether oxygens (including phenoxy) is 4. The number of likely N-dealkylation sites (N-methyl/N-ethyl adjacent to an activating group) is 1. The largest absolute Gasteiger partial charge is 0.493 e. The van der Waals surface area contributed by atoms with E-state index in [4.69, 9.17) is 52.9 Å². The SMILES string of the molecule is CCOc1cc(C(C)(C)C)ccc1C1=N[C@](C)(c2ccc(Cl)cc2)[C@](C)(c2ccc(Cl)cc2)N1C(=O)N1CCN(CCOCCOCCC(=O)N(C)CCn2nc(C#N)c3c2CN(C)C(=O)c2ccc(F)cc2[C@@H](C)Oc2cc-3cnc2N)CC1. The van der Waals surface area contributed by atoms with Gasteiger partial charge in [0.05, 0.1) is 63.8 Å². The summed E-state index contributed by atoms with van der Waals surface area (Å²) in [6, 6.07) is 29.1. The van der Waals surface area contributed by atoms with Crippen molar-refractivity contribution in [2.24, 2.45) is 4.99 Å². The summed E-state index contributed by atoms with van der Waals surface area (Å²) in [6.45, 7) is 19.3. The first kappa shape index (κ1) is 61.9. The smallest absolute Gasteiger partial charge is 0.326 e. The summed E-state index contributed by atoms with van der Waals surface area (Å²) in [5.74, 6) is 0.360. The molecule has 21 heteroatoms. The van der Waals surface area contributed by atoms with Gasteiger partial charge in [0.2, 0.25) is 5.91 Å². The maximum atomic E-state index is 15.5. The van der Waals surface area contributed by atoms with Crippen LogP contribution in [-0.2, 0) is 43.9 Å². The zero-order valence-electron chi connectivity index (χ0n) is 49.8. The van der Waals surface area contributed by atoms with Crippen molar-refractivity contribution < 1.29 is 37.7 Å². The van der Waals surface area contributed by atoms with E-state index < -0.39 is 28.9 Å². The molecule has 5 heterocycles. The van der Waals surface area contributed by atoms with Crippen LogP contribution in [0, 0.1) is 17.1 Å². The second-order valence-electron chi connectivity index (χ2n) is 23.0. The number of hydrogen-bond acceptors (Lipinski definition) is 13. The predicted octanol–water partition coefficient (Wildman–Crippen LogP) is 10.5. The number of aromatic nitrogens is 3. The second kappa shape index (κ2) is 25.9. The van der Waals surface area contributed by atoms with Crippen molar-refractivity contribution in [2.45, 2.75) is 90.6 Å². The van der Waals surface area contributed by atoms with E-state index in [2.05, 4.69) is 67.8 Å². The summed E-state index contributed by atoms with van der Waals surface area (Å²) < 4.78 is 40.5. The number of carbonyl (C=O) groups excluding carboxylic acids is 3. The zero-order valence-corrected chi connectivity index (χ0v) is 51.3. The Morgan fingerprint density at radius 1 is 0.894 bits per heavy atom. The van der Waals surface area contributed by atoms with Crippen molar-refractivity contribution in [2.75, 3.05) is 92.1 Å². The molecule has 3 aliphatic heterocycles. The van der Waals surface area contributed by atoms with Crippen molar-refractivity contribution in [3.63, 3.8) is 0 Å². The van der Waals surface area contributed by atoms with Crippen molar-refractivity contribution in [3.8, 4) is 28.7 Å². The van der Waals surface area contributed by atoms with Crippen LogP contribution in [0.5, 0.6) is 11.5 Å². The maximum absolute atomic E-state index is 15.5. The number of rotatable bonds is 17. The molecule has 1 saturated heterocycles. The number of nitrogens with two attached hydrogens (primary N) is 1. The number of amides is 4. The summed E-state index contributed by atoms with van der Waals surface area (Å²) in [5.41, 5.74) is 9.73. The van der Waals surface area contributed by atoms with E-state index in [-0.39, 0.29) is 79.4 Å². The molecule has 85 heavy (non-hydrogen) atoms. The van der Waals surface area contributed by atoms with Gasteiger partial charge in [0.15, 0.2) is 17.3 Å². The van der Waals surface area contributed by atoms with Crippen molar-refractivity contribution in [1.82, 2.24) is 39.3 Å². The molecule has 0 radical (unpaired) electrons. The van der Waals surface area contributed by atoms with Gasteiger partial charge in [-0.3, -0.25) is 29.1 Å². The lowest BCUT2D eigenvalue weighted by atomic mass is 9.71. The zero-order chi connectivity index (χ0) is 61.0. The Bertz CT molecular complexity index is 3510. The highest BCUT2D eigenvalue weighted by molar-refractivity contribution is 6.30. The van der Waals surface area contributed by atoms with Gasteiger partial charge in [0.1, 0.15) is 40.7 Å². The van der Waals surface area contributed by atoms with Gasteiger partial charge in [-0.15, -0.1) is 0 Å². The Morgan fingerprint density at radius 2 is 1.55 bits per heavy atom. The fourth-order valence-corrected chi connectivity index (χ4v) is 11.5. The first-order valence-electron chi connectivity index (χ1n) is 28.6. The average Bonchev–Trinajstić information content (AvgIpc) is 1.71. The van der Waals surface area contributed by atoms with Gasteiger partial charge in [-0.25, -0.2) is 14.2 Å². The molecule has 9 rings (SSSR count). The summed E-state index contributed by atoms with van der Waals surface area (Å²) >= 11 is 13.0. The van der Waals surface area contributed by atoms with Crippen LogP contribution < -0.4 is 15.2 Å².